The maximum absolute atomic E-state index is 10.8. The highest BCUT2D eigenvalue weighted by Crippen LogP contribution is 2.27. The first kappa shape index (κ1) is 14.1. The molecule has 0 aliphatic rings. The standard InChI is InChI=1S/C17H18O3/c1-17(2,3)13-7-9-14(10-8-13)20-15-6-4-5-12(11-15)16(18)19/h4-11H,1-3H3,(H,18,19)/p-1. The largest absolute Gasteiger partial charge is 0.545 e. The number of rotatable bonds is 3. The number of ether oxygens (including phenoxy) is 1. The van der Waals surface area contributed by atoms with Crippen LogP contribution in [-0.2, 0) is 5.41 Å². The van der Waals surface area contributed by atoms with Gasteiger partial charge in [0.25, 0.3) is 0 Å². The number of hydrogen-bond acceptors (Lipinski definition) is 3. The summed E-state index contributed by atoms with van der Waals surface area (Å²) in [7, 11) is 0. The highest BCUT2D eigenvalue weighted by atomic mass is 16.5. The molecule has 0 radical (unpaired) electrons. The summed E-state index contributed by atoms with van der Waals surface area (Å²) in [5.74, 6) is -0.0535. The molecule has 0 atom stereocenters. The summed E-state index contributed by atoms with van der Waals surface area (Å²) in [4.78, 5) is 10.8. The number of hydrogen-bond donors (Lipinski definition) is 0. The van der Waals surface area contributed by atoms with Gasteiger partial charge in [-0.2, -0.15) is 0 Å². The molecule has 104 valence electrons. The maximum Gasteiger partial charge on any atom is 0.128 e. The molecule has 2 aromatic carbocycles. The molecule has 20 heavy (non-hydrogen) atoms. The van der Waals surface area contributed by atoms with Crippen LogP contribution in [0, 0.1) is 0 Å². The smallest absolute Gasteiger partial charge is 0.128 e. The van der Waals surface area contributed by atoms with Crippen molar-refractivity contribution < 1.29 is 14.6 Å². The van der Waals surface area contributed by atoms with Gasteiger partial charge in [0.1, 0.15) is 11.5 Å². The van der Waals surface area contributed by atoms with Crippen molar-refractivity contribution in [3.63, 3.8) is 0 Å². The molecule has 0 aromatic heterocycles. The number of carboxylic acids is 1. The summed E-state index contributed by atoms with van der Waals surface area (Å²) in [5.41, 5.74) is 1.41. The Morgan fingerprint density at radius 3 is 2.20 bits per heavy atom. The van der Waals surface area contributed by atoms with Gasteiger partial charge < -0.3 is 14.6 Å². The van der Waals surface area contributed by atoms with Crippen molar-refractivity contribution in [3.05, 3.63) is 59.7 Å². The van der Waals surface area contributed by atoms with Crippen molar-refractivity contribution >= 4 is 5.97 Å². The van der Waals surface area contributed by atoms with Crippen LogP contribution in [0.1, 0.15) is 36.7 Å². The number of carbonyl (C=O) groups excluding carboxylic acids is 1. The van der Waals surface area contributed by atoms with E-state index in [1.165, 1.54) is 17.7 Å². The zero-order chi connectivity index (χ0) is 14.8. The van der Waals surface area contributed by atoms with Gasteiger partial charge in [-0.05, 0) is 35.2 Å². The Morgan fingerprint density at radius 1 is 1.00 bits per heavy atom. The monoisotopic (exact) mass is 269 g/mol. The molecule has 0 spiro atoms. The lowest BCUT2D eigenvalue weighted by Gasteiger charge is -2.19. The summed E-state index contributed by atoms with van der Waals surface area (Å²) in [5, 5.41) is 10.8. The number of carboxylic acid groups (broad SMARTS) is 1. The Hall–Kier alpha value is -2.29. The molecular weight excluding hydrogens is 252 g/mol. The van der Waals surface area contributed by atoms with E-state index in [1.54, 1.807) is 12.1 Å². The van der Waals surface area contributed by atoms with E-state index in [-0.39, 0.29) is 11.0 Å². The molecule has 0 bridgehead atoms. The van der Waals surface area contributed by atoms with Crippen LogP contribution < -0.4 is 9.84 Å². The van der Waals surface area contributed by atoms with Crippen molar-refractivity contribution in [3.8, 4) is 11.5 Å². The third-order valence-corrected chi connectivity index (χ3v) is 3.03. The Balaban J connectivity index is 2.18. The molecule has 0 saturated carbocycles. The predicted octanol–water partition coefficient (Wildman–Crippen LogP) is 3.14. The van der Waals surface area contributed by atoms with E-state index in [2.05, 4.69) is 20.8 Å². The van der Waals surface area contributed by atoms with Gasteiger partial charge in [-0.3, -0.25) is 0 Å². The third kappa shape index (κ3) is 3.38. The second kappa shape index (κ2) is 5.37. The van der Waals surface area contributed by atoms with Crippen LogP contribution in [0.25, 0.3) is 0 Å². The first-order valence-corrected chi connectivity index (χ1v) is 6.46. The number of benzene rings is 2. The van der Waals surface area contributed by atoms with E-state index >= 15 is 0 Å². The quantitative estimate of drug-likeness (QED) is 0.860. The Labute approximate surface area is 118 Å². The van der Waals surface area contributed by atoms with Crippen LogP contribution in [0.2, 0.25) is 0 Å². The minimum absolute atomic E-state index is 0.0907. The molecule has 0 N–H and O–H groups in total. The Morgan fingerprint density at radius 2 is 1.65 bits per heavy atom. The molecule has 0 heterocycles. The van der Waals surface area contributed by atoms with E-state index in [9.17, 15) is 9.90 Å². The second-order valence-electron chi connectivity index (χ2n) is 5.69. The van der Waals surface area contributed by atoms with Gasteiger partial charge in [0.2, 0.25) is 0 Å². The molecule has 0 amide bonds. The van der Waals surface area contributed by atoms with Crippen LogP contribution in [0.3, 0.4) is 0 Å². The molecule has 3 nitrogen and oxygen atoms in total. The minimum atomic E-state index is -1.21. The zero-order valence-electron chi connectivity index (χ0n) is 11.8. The van der Waals surface area contributed by atoms with Gasteiger partial charge in [-0.15, -0.1) is 0 Å². The lowest BCUT2D eigenvalue weighted by molar-refractivity contribution is -0.255. The minimum Gasteiger partial charge on any atom is -0.545 e. The number of aromatic carboxylic acids is 1. The summed E-state index contributed by atoms with van der Waals surface area (Å²) >= 11 is 0. The van der Waals surface area contributed by atoms with Crippen LogP contribution in [-0.4, -0.2) is 5.97 Å². The van der Waals surface area contributed by atoms with Crippen molar-refractivity contribution in [2.45, 2.75) is 26.2 Å². The van der Waals surface area contributed by atoms with E-state index in [0.717, 1.165) is 0 Å². The average Bonchev–Trinajstić information content (AvgIpc) is 2.38. The Bertz CT molecular complexity index is 607. The summed E-state index contributed by atoms with van der Waals surface area (Å²) in [6, 6.07) is 14.1. The first-order chi connectivity index (χ1) is 9.36. The van der Waals surface area contributed by atoms with Gasteiger partial charge in [0.15, 0.2) is 0 Å². The lowest BCUT2D eigenvalue weighted by atomic mass is 9.87. The van der Waals surface area contributed by atoms with E-state index in [4.69, 9.17) is 4.74 Å². The van der Waals surface area contributed by atoms with Gasteiger partial charge in [-0.25, -0.2) is 0 Å². The lowest BCUT2D eigenvalue weighted by Crippen LogP contribution is -2.21. The molecular formula is C17H17O3-. The van der Waals surface area contributed by atoms with E-state index in [0.29, 0.717) is 11.5 Å². The summed E-state index contributed by atoms with van der Waals surface area (Å²) in [6.07, 6.45) is 0. The van der Waals surface area contributed by atoms with Crippen molar-refractivity contribution in [1.82, 2.24) is 0 Å². The molecule has 2 aromatic rings. The van der Waals surface area contributed by atoms with Gasteiger partial charge >= 0.3 is 0 Å². The van der Waals surface area contributed by atoms with Crippen molar-refractivity contribution in [1.29, 1.82) is 0 Å². The fourth-order valence-corrected chi connectivity index (χ4v) is 1.85. The second-order valence-corrected chi connectivity index (χ2v) is 5.69. The first-order valence-electron chi connectivity index (χ1n) is 6.46. The predicted molar refractivity (Wildman–Crippen MR) is 76.0 cm³/mol. The zero-order valence-corrected chi connectivity index (χ0v) is 11.8. The molecule has 0 aliphatic heterocycles. The van der Waals surface area contributed by atoms with Gasteiger partial charge in [0, 0.05) is 5.56 Å². The number of carbonyl (C=O) groups is 1. The normalized spacial score (nSPS) is 11.2. The fourth-order valence-electron chi connectivity index (χ4n) is 1.85. The molecule has 0 aliphatic carbocycles. The highest BCUT2D eigenvalue weighted by Gasteiger charge is 2.13. The molecule has 3 heteroatoms. The molecule has 0 unspecified atom stereocenters. The average molecular weight is 269 g/mol. The molecule has 0 fully saturated rings. The summed E-state index contributed by atoms with van der Waals surface area (Å²) in [6.45, 7) is 6.44. The van der Waals surface area contributed by atoms with Crippen LogP contribution in [0.5, 0.6) is 11.5 Å². The fraction of sp³-hybridized carbons (Fsp3) is 0.235. The van der Waals surface area contributed by atoms with E-state index in [1.807, 2.05) is 24.3 Å². The van der Waals surface area contributed by atoms with Crippen molar-refractivity contribution in [2.75, 3.05) is 0 Å². The van der Waals surface area contributed by atoms with Crippen LogP contribution in [0.4, 0.5) is 0 Å². The molecule has 2 rings (SSSR count). The maximum atomic E-state index is 10.8. The van der Waals surface area contributed by atoms with Crippen molar-refractivity contribution in [2.24, 2.45) is 0 Å². The van der Waals surface area contributed by atoms with Gasteiger partial charge in [-0.1, -0.05) is 45.0 Å². The highest BCUT2D eigenvalue weighted by molar-refractivity contribution is 5.86. The molecule has 0 saturated heterocycles. The SMILES string of the molecule is CC(C)(C)c1ccc(Oc2cccc(C(=O)[O-])c2)cc1. The van der Waals surface area contributed by atoms with Crippen LogP contribution >= 0.6 is 0 Å². The topological polar surface area (TPSA) is 49.4 Å². The third-order valence-electron chi connectivity index (χ3n) is 3.03. The van der Waals surface area contributed by atoms with Crippen LogP contribution in [0.15, 0.2) is 48.5 Å². The summed E-state index contributed by atoms with van der Waals surface area (Å²) < 4.78 is 5.65. The Kier molecular flexibility index (Phi) is 3.79. The van der Waals surface area contributed by atoms with E-state index < -0.39 is 5.97 Å². The van der Waals surface area contributed by atoms with Gasteiger partial charge in [0.05, 0.1) is 5.97 Å².